The third-order valence-corrected chi connectivity index (χ3v) is 3.48. The van der Waals surface area contributed by atoms with Crippen LogP contribution in [0.15, 0.2) is 66.9 Å². The normalized spacial score (nSPS) is 10.7. The molecule has 3 heteroatoms. The fourth-order valence-corrected chi connectivity index (χ4v) is 2.46. The first-order valence-corrected chi connectivity index (χ1v) is 6.78. The summed E-state index contributed by atoms with van der Waals surface area (Å²) in [7, 11) is 0. The second-order valence-corrected chi connectivity index (χ2v) is 5.06. The highest BCUT2D eigenvalue weighted by atomic mass is 35.5. The number of carbonyl (C=O) groups excluding carboxylic acids is 1. The number of Topliss-reactive ketones (excluding diaryl/α,β-unsaturated/α-hetero) is 1. The van der Waals surface area contributed by atoms with Crippen LogP contribution in [-0.2, 0) is 6.54 Å². The number of fused-ring (bicyclic) bond motifs is 1. The van der Waals surface area contributed by atoms with E-state index in [0.29, 0.717) is 17.1 Å². The van der Waals surface area contributed by atoms with Gasteiger partial charge in [0.05, 0.1) is 0 Å². The number of halogens is 1. The van der Waals surface area contributed by atoms with E-state index in [0.717, 1.165) is 10.9 Å². The Bertz CT molecular complexity index is 777. The first-order chi connectivity index (χ1) is 9.74. The number of aromatic nitrogens is 1. The predicted octanol–water partition coefficient (Wildman–Crippen LogP) is 3.66. The Hall–Kier alpha value is -2.19. The number of rotatable bonds is 3. The van der Waals surface area contributed by atoms with Gasteiger partial charge in [-0.25, -0.2) is 0 Å². The van der Waals surface area contributed by atoms with Gasteiger partial charge < -0.3 is 0 Å². The molecule has 1 heterocycles. The molecule has 0 aliphatic heterocycles. The van der Waals surface area contributed by atoms with Gasteiger partial charge in [-0.15, -0.1) is 0 Å². The molecule has 3 aromatic rings. The highest BCUT2D eigenvalue weighted by Gasteiger charge is 2.15. The number of pyridine rings is 1. The van der Waals surface area contributed by atoms with Crippen LogP contribution in [0.3, 0.4) is 0 Å². The van der Waals surface area contributed by atoms with E-state index >= 15 is 0 Å². The van der Waals surface area contributed by atoms with Crippen molar-refractivity contribution in [3.63, 3.8) is 0 Å². The van der Waals surface area contributed by atoms with Crippen molar-refractivity contribution in [2.24, 2.45) is 0 Å². The molecule has 2 aromatic carbocycles. The fraction of sp³-hybridized carbons (Fsp3) is 0.0588. The van der Waals surface area contributed by atoms with E-state index in [-0.39, 0.29) is 5.78 Å². The smallest absolute Gasteiger partial charge is 0.227 e. The van der Waals surface area contributed by atoms with Gasteiger partial charge in [-0.1, -0.05) is 35.9 Å². The van der Waals surface area contributed by atoms with Crippen LogP contribution in [0, 0.1) is 0 Å². The molecule has 0 amide bonds. The molecule has 0 radical (unpaired) electrons. The second kappa shape index (κ2) is 5.43. The number of carbonyl (C=O) groups is 1. The van der Waals surface area contributed by atoms with Crippen molar-refractivity contribution in [2.75, 3.05) is 0 Å². The molecule has 0 bridgehead atoms. The van der Waals surface area contributed by atoms with E-state index in [1.54, 1.807) is 24.3 Å². The topological polar surface area (TPSA) is 20.9 Å². The molecule has 0 saturated heterocycles. The van der Waals surface area contributed by atoms with Crippen molar-refractivity contribution in [1.82, 2.24) is 0 Å². The zero-order valence-electron chi connectivity index (χ0n) is 10.8. The second-order valence-electron chi connectivity index (χ2n) is 4.63. The maximum atomic E-state index is 12.3. The molecule has 0 saturated carbocycles. The number of nitrogens with zero attached hydrogens (tertiary/aromatic N) is 1. The molecular formula is C17H13ClNO+. The monoisotopic (exact) mass is 282 g/mol. The number of hydrogen-bond acceptors (Lipinski definition) is 1. The number of ketones is 1. The summed E-state index contributed by atoms with van der Waals surface area (Å²) in [5, 5.41) is 1.70. The lowest BCUT2D eigenvalue weighted by atomic mass is 10.1. The average molecular weight is 283 g/mol. The number of hydrogen-bond donors (Lipinski definition) is 0. The lowest BCUT2D eigenvalue weighted by molar-refractivity contribution is -0.657. The van der Waals surface area contributed by atoms with Crippen molar-refractivity contribution < 1.29 is 9.36 Å². The van der Waals surface area contributed by atoms with Gasteiger partial charge in [-0.2, -0.15) is 4.57 Å². The minimum atomic E-state index is 0.0499. The van der Waals surface area contributed by atoms with Gasteiger partial charge in [0.25, 0.3) is 0 Å². The lowest BCUT2D eigenvalue weighted by Gasteiger charge is -2.02. The Balaban J connectivity index is 1.95. The van der Waals surface area contributed by atoms with Crippen LogP contribution in [0.4, 0.5) is 0 Å². The van der Waals surface area contributed by atoms with Gasteiger partial charge >= 0.3 is 0 Å². The Labute approximate surface area is 122 Å². The molecule has 98 valence electrons. The van der Waals surface area contributed by atoms with Crippen LogP contribution in [0.2, 0.25) is 5.02 Å². The number of para-hydroxylation sites is 1. The summed E-state index contributed by atoms with van der Waals surface area (Å²) in [6, 6.07) is 19.1. The predicted molar refractivity (Wildman–Crippen MR) is 79.9 cm³/mol. The van der Waals surface area contributed by atoms with Crippen LogP contribution in [0.25, 0.3) is 10.9 Å². The van der Waals surface area contributed by atoms with Gasteiger partial charge in [-0.05, 0) is 24.3 Å². The maximum Gasteiger partial charge on any atom is 0.227 e. The molecule has 0 fully saturated rings. The van der Waals surface area contributed by atoms with E-state index in [2.05, 4.69) is 0 Å². The van der Waals surface area contributed by atoms with Crippen molar-refractivity contribution >= 4 is 28.3 Å². The van der Waals surface area contributed by atoms with E-state index in [1.165, 1.54) is 0 Å². The van der Waals surface area contributed by atoms with Crippen LogP contribution in [0.1, 0.15) is 10.4 Å². The van der Waals surface area contributed by atoms with Crippen molar-refractivity contribution in [3.8, 4) is 0 Å². The van der Waals surface area contributed by atoms with E-state index < -0.39 is 0 Å². The molecule has 20 heavy (non-hydrogen) atoms. The lowest BCUT2D eigenvalue weighted by Crippen LogP contribution is -2.38. The molecule has 0 unspecified atom stereocenters. The molecule has 0 N–H and O–H groups in total. The molecule has 0 spiro atoms. The van der Waals surface area contributed by atoms with Gasteiger partial charge in [-0.3, -0.25) is 4.79 Å². The average Bonchev–Trinajstić information content (AvgIpc) is 2.47. The summed E-state index contributed by atoms with van der Waals surface area (Å²) in [5.41, 5.74) is 1.68. The quantitative estimate of drug-likeness (QED) is 0.530. The maximum absolute atomic E-state index is 12.3. The minimum absolute atomic E-state index is 0.0499. The third kappa shape index (κ3) is 2.56. The standard InChI is InChI=1S/C17H13ClNO/c18-15-8-3-6-14(11-15)17(20)12-19-10-4-7-13-5-1-2-9-16(13)19/h1-11H,12H2/q+1. The van der Waals surface area contributed by atoms with Gasteiger partial charge in [0, 0.05) is 28.1 Å². The van der Waals surface area contributed by atoms with Crippen LogP contribution < -0.4 is 4.57 Å². The Morgan fingerprint density at radius 1 is 1.00 bits per heavy atom. The van der Waals surface area contributed by atoms with E-state index in [9.17, 15) is 4.79 Å². The molecule has 0 aliphatic rings. The summed E-state index contributed by atoms with van der Waals surface area (Å²) < 4.78 is 1.96. The van der Waals surface area contributed by atoms with Crippen molar-refractivity contribution in [3.05, 3.63) is 77.4 Å². The highest BCUT2D eigenvalue weighted by Crippen LogP contribution is 2.12. The summed E-state index contributed by atoms with van der Waals surface area (Å²) >= 11 is 5.93. The number of benzene rings is 2. The van der Waals surface area contributed by atoms with Gasteiger partial charge in [0.15, 0.2) is 6.20 Å². The fourth-order valence-electron chi connectivity index (χ4n) is 2.27. The van der Waals surface area contributed by atoms with Crippen molar-refractivity contribution in [2.45, 2.75) is 6.54 Å². The van der Waals surface area contributed by atoms with E-state index in [1.807, 2.05) is 47.2 Å². The molecular weight excluding hydrogens is 270 g/mol. The molecule has 1 aromatic heterocycles. The van der Waals surface area contributed by atoms with Gasteiger partial charge in [0.1, 0.15) is 0 Å². The van der Waals surface area contributed by atoms with Crippen LogP contribution in [0.5, 0.6) is 0 Å². The molecule has 2 nitrogen and oxygen atoms in total. The summed E-state index contributed by atoms with van der Waals surface area (Å²) in [6.07, 6.45) is 1.92. The van der Waals surface area contributed by atoms with Crippen LogP contribution in [-0.4, -0.2) is 5.78 Å². The van der Waals surface area contributed by atoms with Gasteiger partial charge in [0.2, 0.25) is 17.8 Å². The SMILES string of the molecule is O=C(C[n+]1cccc2ccccc21)c1cccc(Cl)c1. The minimum Gasteiger partial charge on any atom is -0.287 e. The van der Waals surface area contributed by atoms with Crippen molar-refractivity contribution in [1.29, 1.82) is 0 Å². The largest absolute Gasteiger partial charge is 0.287 e. The summed E-state index contributed by atoms with van der Waals surface area (Å²) in [6.45, 7) is 0.307. The summed E-state index contributed by atoms with van der Waals surface area (Å²) in [4.78, 5) is 12.3. The Kier molecular flexibility index (Phi) is 3.48. The Morgan fingerprint density at radius 3 is 2.65 bits per heavy atom. The van der Waals surface area contributed by atoms with E-state index in [4.69, 9.17) is 11.6 Å². The third-order valence-electron chi connectivity index (χ3n) is 3.25. The van der Waals surface area contributed by atoms with Crippen LogP contribution >= 0.6 is 11.6 Å². The highest BCUT2D eigenvalue weighted by molar-refractivity contribution is 6.30. The zero-order valence-corrected chi connectivity index (χ0v) is 11.5. The molecule has 3 rings (SSSR count). The zero-order chi connectivity index (χ0) is 13.9. The molecule has 0 aliphatic carbocycles. The first-order valence-electron chi connectivity index (χ1n) is 6.40. The first kappa shape index (κ1) is 12.8. The molecule has 0 atom stereocenters. The summed E-state index contributed by atoms with van der Waals surface area (Å²) in [5.74, 6) is 0.0499. The Morgan fingerprint density at radius 2 is 1.80 bits per heavy atom.